The minimum absolute atomic E-state index is 0.116. The Morgan fingerprint density at radius 2 is 1.48 bits per heavy atom. The lowest BCUT2D eigenvalue weighted by molar-refractivity contribution is -0.147. The van der Waals surface area contributed by atoms with Crippen LogP contribution < -0.4 is 27.4 Å². The van der Waals surface area contributed by atoms with Crippen LogP contribution in [-0.4, -0.2) is 82.3 Å². The van der Waals surface area contributed by atoms with Gasteiger partial charge in [-0.2, -0.15) is 0 Å². The van der Waals surface area contributed by atoms with Crippen molar-refractivity contribution in [1.82, 2.24) is 16.0 Å². The zero-order valence-corrected chi connectivity index (χ0v) is 16.1. The second kappa shape index (κ2) is 13.4. The van der Waals surface area contributed by atoms with Gasteiger partial charge >= 0.3 is 11.9 Å². The molecule has 13 heteroatoms. The molecule has 0 bridgehead atoms. The number of nitrogens with one attached hydrogen (secondary N) is 3. The summed E-state index contributed by atoms with van der Waals surface area (Å²) < 4.78 is 0. The Morgan fingerprint density at radius 3 is 1.97 bits per heavy atom. The number of carboxylic acids is 2. The molecule has 0 aliphatic carbocycles. The largest absolute Gasteiger partial charge is 0.481 e. The summed E-state index contributed by atoms with van der Waals surface area (Å²) in [6, 6.07) is -5.16. The first-order valence-electron chi connectivity index (χ1n) is 8.95. The fourth-order valence-electron chi connectivity index (χ4n) is 2.17. The first kappa shape index (κ1) is 26.2. The smallest absolute Gasteiger partial charge is 0.326 e. The molecule has 0 fully saturated rings. The SMILES string of the molecule is CC(NC(=O)C(N)CO)C(=O)NC(CCCCN)C(=O)NC(CC(=O)O)C(=O)O. The molecule has 0 heterocycles. The number of carbonyl (C=O) groups excluding carboxylic acids is 3. The number of nitrogens with two attached hydrogens (primary N) is 2. The first-order valence-corrected chi connectivity index (χ1v) is 8.95. The number of aliphatic hydroxyl groups is 1. The molecule has 0 aliphatic heterocycles. The molecule has 0 spiro atoms. The summed E-state index contributed by atoms with van der Waals surface area (Å²) in [6.45, 7) is 1.05. The maximum absolute atomic E-state index is 12.4. The van der Waals surface area contributed by atoms with Crippen LogP contribution in [0, 0.1) is 0 Å². The third-order valence-corrected chi connectivity index (χ3v) is 3.86. The number of carbonyl (C=O) groups is 5. The van der Waals surface area contributed by atoms with Gasteiger partial charge in [0.25, 0.3) is 0 Å². The van der Waals surface area contributed by atoms with Gasteiger partial charge in [-0.3, -0.25) is 19.2 Å². The lowest BCUT2D eigenvalue weighted by Gasteiger charge is -2.23. The minimum Gasteiger partial charge on any atom is -0.481 e. The Hall–Kier alpha value is -2.77. The van der Waals surface area contributed by atoms with Crippen LogP contribution in [0.4, 0.5) is 0 Å². The van der Waals surface area contributed by atoms with Crippen LogP contribution in [0.3, 0.4) is 0 Å². The number of amides is 3. The second-order valence-corrected chi connectivity index (χ2v) is 6.36. The number of rotatable bonds is 14. The second-order valence-electron chi connectivity index (χ2n) is 6.36. The summed E-state index contributed by atoms with van der Waals surface area (Å²) in [5, 5.41) is 33.4. The maximum Gasteiger partial charge on any atom is 0.326 e. The molecule has 3 amide bonds. The van der Waals surface area contributed by atoms with Crippen molar-refractivity contribution >= 4 is 29.7 Å². The Labute approximate surface area is 167 Å². The van der Waals surface area contributed by atoms with Gasteiger partial charge in [0.05, 0.1) is 13.0 Å². The zero-order valence-electron chi connectivity index (χ0n) is 16.1. The number of hydrogen-bond acceptors (Lipinski definition) is 8. The van der Waals surface area contributed by atoms with Crippen LogP contribution in [0.5, 0.6) is 0 Å². The van der Waals surface area contributed by atoms with Gasteiger partial charge in [0.1, 0.15) is 24.2 Å². The molecule has 13 nitrogen and oxygen atoms in total. The van der Waals surface area contributed by atoms with Crippen LogP contribution in [0.2, 0.25) is 0 Å². The Bertz CT molecular complexity index is 600. The van der Waals surface area contributed by atoms with Gasteiger partial charge in [-0.25, -0.2) is 4.79 Å². The Morgan fingerprint density at radius 1 is 0.897 bits per heavy atom. The van der Waals surface area contributed by atoms with Gasteiger partial charge in [-0.15, -0.1) is 0 Å². The predicted molar refractivity (Wildman–Crippen MR) is 99.3 cm³/mol. The number of carboxylic acid groups (broad SMARTS) is 2. The van der Waals surface area contributed by atoms with Crippen molar-refractivity contribution in [2.24, 2.45) is 11.5 Å². The van der Waals surface area contributed by atoms with Crippen LogP contribution in [-0.2, 0) is 24.0 Å². The third-order valence-electron chi connectivity index (χ3n) is 3.86. The van der Waals surface area contributed by atoms with Crippen molar-refractivity contribution in [1.29, 1.82) is 0 Å². The molecule has 166 valence electrons. The quantitative estimate of drug-likeness (QED) is 0.129. The Balaban J connectivity index is 5.12. The topological polar surface area (TPSA) is 234 Å². The van der Waals surface area contributed by atoms with Crippen LogP contribution in [0.25, 0.3) is 0 Å². The summed E-state index contributed by atoms with van der Waals surface area (Å²) in [4.78, 5) is 58.3. The van der Waals surface area contributed by atoms with Crippen LogP contribution >= 0.6 is 0 Å². The Kier molecular flexibility index (Phi) is 12.1. The fourth-order valence-corrected chi connectivity index (χ4v) is 2.17. The molecule has 0 aromatic rings. The molecule has 0 aromatic carbocycles. The summed E-state index contributed by atoms with van der Waals surface area (Å²) in [6.07, 6.45) is 0.248. The molecule has 4 unspecified atom stereocenters. The molecule has 4 atom stereocenters. The average Bonchev–Trinajstić information content (AvgIpc) is 2.65. The summed E-state index contributed by atoms with van der Waals surface area (Å²) in [5.41, 5.74) is 10.7. The number of unbranched alkanes of at least 4 members (excludes halogenated alkanes) is 1. The molecular formula is C16H29N5O8. The number of aliphatic hydroxyl groups excluding tert-OH is 1. The van der Waals surface area contributed by atoms with E-state index in [2.05, 4.69) is 16.0 Å². The molecule has 0 saturated carbocycles. The van der Waals surface area contributed by atoms with E-state index < -0.39 is 66.9 Å². The molecular weight excluding hydrogens is 390 g/mol. The molecule has 10 N–H and O–H groups in total. The van der Waals surface area contributed by atoms with Crippen molar-refractivity contribution in [2.75, 3.05) is 13.2 Å². The number of hydrogen-bond donors (Lipinski definition) is 8. The highest BCUT2D eigenvalue weighted by Crippen LogP contribution is 2.04. The van der Waals surface area contributed by atoms with Crippen LogP contribution in [0.15, 0.2) is 0 Å². The standard InChI is InChI=1S/C16H29N5O8/c1-8(19-14(26)9(18)7-22)13(25)20-10(4-2-3-5-17)15(27)21-11(16(28)29)6-12(23)24/h8-11,22H,2-7,17-18H2,1H3,(H,19,26)(H,20,25)(H,21,27)(H,23,24)(H,28,29). The van der Waals surface area contributed by atoms with Crippen LogP contribution in [0.1, 0.15) is 32.6 Å². The van der Waals surface area contributed by atoms with Gasteiger partial charge in [-0.05, 0) is 32.7 Å². The van der Waals surface area contributed by atoms with Gasteiger partial charge in [0.15, 0.2) is 0 Å². The van der Waals surface area contributed by atoms with E-state index in [4.69, 9.17) is 26.8 Å². The average molecular weight is 419 g/mol. The van der Waals surface area contributed by atoms with E-state index in [1.54, 1.807) is 0 Å². The summed E-state index contributed by atoms with van der Waals surface area (Å²) in [5.74, 6) is -5.35. The third kappa shape index (κ3) is 10.4. The van der Waals surface area contributed by atoms with Crippen molar-refractivity contribution in [3.05, 3.63) is 0 Å². The highest BCUT2D eigenvalue weighted by atomic mass is 16.4. The van der Waals surface area contributed by atoms with Crippen molar-refractivity contribution < 1.29 is 39.3 Å². The van der Waals surface area contributed by atoms with E-state index in [0.29, 0.717) is 19.4 Å². The maximum atomic E-state index is 12.4. The van der Waals surface area contributed by atoms with Gasteiger partial charge < -0.3 is 42.7 Å². The highest BCUT2D eigenvalue weighted by molar-refractivity contribution is 5.94. The van der Waals surface area contributed by atoms with Gasteiger partial charge in [-0.1, -0.05) is 0 Å². The van der Waals surface area contributed by atoms with Gasteiger partial charge in [0.2, 0.25) is 17.7 Å². The lowest BCUT2D eigenvalue weighted by Crippen LogP contribution is -2.56. The van der Waals surface area contributed by atoms with Crippen molar-refractivity contribution in [3.63, 3.8) is 0 Å². The van der Waals surface area contributed by atoms with E-state index in [0.717, 1.165) is 0 Å². The summed E-state index contributed by atoms with van der Waals surface area (Å²) in [7, 11) is 0. The molecule has 0 aromatic heterocycles. The van der Waals surface area contributed by atoms with Crippen molar-refractivity contribution in [2.45, 2.75) is 56.8 Å². The summed E-state index contributed by atoms with van der Waals surface area (Å²) >= 11 is 0. The lowest BCUT2D eigenvalue weighted by atomic mass is 10.1. The molecule has 0 rings (SSSR count). The zero-order chi connectivity index (χ0) is 22.6. The molecule has 0 radical (unpaired) electrons. The normalized spacial score (nSPS) is 14.8. The molecule has 0 aliphatic rings. The van der Waals surface area contributed by atoms with Gasteiger partial charge in [0, 0.05) is 0 Å². The van der Waals surface area contributed by atoms with E-state index in [-0.39, 0.29) is 6.42 Å². The van der Waals surface area contributed by atoms with Crippen molar-refractivity contribution in [3.8, 4) is 0 Å². The molecule has 0 saturated heterocycles. The van der Waals surface area contributed by atoms with E-state index >= 15 is 0 Å². The van der Waals surface area contributed by atoms with E-state index in [1.807, 2.05) is 0 Å². The van der Waals surface area contributed by atoms with E-state index in [1.165, 1.54) is 6.92 Å². The highest BCUT2D eigenvalue weighted by Gasteiger charge is 2.29. The predicted octanol–water partition coefficient (Wildman–Crippen LogP) is -3.53. The first-order chi connectivity index (χ1) is 13.5. The fraction of sp³-hybridized carbons (Fsp3) is 0.688. The minimum atomic E-state index is -1.67. The van der Waals surface area contributed by atoms with E-state index in [9.17, 15) is 24.0 Å². The molecule has 29 heavy (non-hydrogen) atoms. The monoisotopic (exact) mass is 419 g/mol. The number of aliphatic carboxylic acids is 2.